The monoisotopic (exact) mass is 310 g/mol. The first kappa shape index (κ1) is 16.0. The number of methoxy groups -OCH3 is 1. The molecule has 1 aromatic rings. The van der Waals surface area contributed by atoms with Crippen LogP contribution < -0.4 is 4.74 Å². The fourth-order valence-corrected chi connectivity index (χ4v) is 2.67. The maximum Gasteiger partial charge on any atom is 0.417 e. The molecule has 1 saturated heterocycles. The van der Waals surface area contributed by atoms with Crippen molar-refractivity contribution in [3.05, 3.63) is 29.3 Å². The predicted molar refractivity (Wildman–Crippen MR) is 65.2 cm³/mol. The summed E-state index contributed by atoms with van der Waals surface area (Å²) in [6, 6.07) is 2.12. The zero-order valence-electron chi connectivity index (χ0n) is 11.7. The molecule has 0 aliphatic carbocycles. The van der Waals surface area contributed by atoms with Crippen molar-refractivity contribution in [3.63, 3.8) is 0 Å². The van der Waals surface area contributed by atoms with Gasteiger partial charge in [-0.3, -0.25) is 0 Å². The first-order valence-corrected chi connectivity index (χ1v) is 6.36. The smallest absolute Gasteiger partial charge is 0.417 e. The summed E-state index contributed by atoms with van der Waals surface area (Å²) in [5.41, 5.74) is -2.15. The van der Waals surface area contributed by atoms with Crippen molar-refractivity contribution in [2.45, 2.75) is 31.5 Å². The second kappa shape index (κ2) is 5.12. The average Bonchev–Trinajstić information content (AvgIpc) is 2.70. The van der Waals surface area contributed by atoms with Gasteiger partial charge in [-0.25, -0.2) is 4.39 Å². The number of rotatable bonds is 2. The van der Waals surface area contributed by atoms with Crippen molar-refractivity contribution in [1.29, 1.82) is 0 Å². The number of hydrogen-bond acceptors (Lipinski definition) is 2. The summed E-state index contributed by atoms with van der Waals surface area (Å²) in [6.45, 7) is 2.11. The molecule has 0 N–H and O–H groups in total. The number of halogens is 5. The normalized spacial score (nSPS) is 29.7. The molecule has 1 heterocycles. The van der Waals surface area contributed by atoms with Gasteiger partial charge < -0.3 is 9.47 Å². The van der Waals surface area contributed by atoms with E-state index in [4.69, 9.17) is 9.47 Å². The van der Waals surface area contributed by atoms with Crippen LogP contribution in [-0.4, -0.2) is 25.5 Å². The van der Waals surface area contributed by atoms with E-state index in [9.17, 15) is 22.0 Å². The summed E-state index contributed by atoms with van der Waals surface area (Å²) in [5, 5.41) is 0. The zero-order chi connectivity index (χ0) is 16.0. The summed E-state index contributed by atoms with van der Waals surface area (Å²) in [6.07, 6.45) is -4.55. The number of benzene rings is 1. The van der Waals surface area contributed by atoms with Crippen LogP contribution >= 0.6 is 0 Å². The van der Waals surface area contributed by atoms with Gasteiger partial charge in [-0.1, -0.05) is 13.0 Å². The highest BCUT2D eigenvalue weighted by atomic mass is 19.4. The standard InChI is InChI=1S/C14H15F5O2/c1-7-9(6-21-13(7,2)14(17,18)19)8-4-5-10(15)11(16)12(8)20-3/h4-5,7,9H,6H2,1-3H3/t7?,9?,13-/m1/s1. The predicted octanol–water partition coefficient (Wildman–Crippen LogP) is 4.04. The molecule has 0 bridgehead atoms. The highest BCUT2D eigenvalue weighted by Gasteiger charge is 2.61. The van der Waals surface area contributed by atoms with E-state index in [1.807, 2.05) is 0 Å². The number of alkyl halides is 3. The molecule has 2 unspecified atom stereocenters. The van der Waals surface area contributed by atoms with Crippen molar-refractivity contribution in [1.82, 2.24) is 0 Å². The molecule has 1 aliphatic heterocycles. The highest BCUT2D eigenvalue weighted by molar-refractivity contribution is 5.40. The number of hydrogen-bond donors (Lipinski definition) is 0. The van der Waals surface area contributed by atoms with Crippen molar-refractivity contribution in [2.24, 2.45) is 5.92 Å². The van der Waals surface area contributed by atoms with E-state index in [0.29, 0.717) is 0 Å². The first-order chi connectivity index (χ1) is 9.63. The lowest BCUT2D eigenvalue weighted by Crippen LogP contribution is -2.46. The van der Waals surface area contributed by atoms with Gasteiger partial charge in [-0.05, 0) is 13.0 Å². The molecule has 1 fully saturated rings. The Kier molecular flexibility index (Phi) is 3.90. The summed E-state index contributed by atoms with van der Waals surface area (Å²) < 4.78 is 76.0. The Morgan fingerprint density at radius 2 is 1.90 bits per heavy atom. The molecule has 1 aromatic carbocycles. The minimum absolute atomic E-state index is 0.178. The van der Waals surface area contributed by atoms with Crippen LogP contribution in [0.3, 0.4) is 0 Å². The van der Waals surface area contributed by atoms with Crippen LogP contribution in [0.5, 0.6) is 5.75 Å². The molecule has 0 spiro atoms. The minimum atomic E-state index is -4.55. The molecule has 0 amide bonds. The van der Waals surface area contributed by atoms with E-state index >= 15 is 0 Å². The Morgan fingerprint density at radius 1 is 1.29 bits per heavy atom. The summed E-state index contributed by atoms with van der Waals surface area (Å²) >= 11 is 0. The molecule has 0 radical (unpaired) electrons. The lowest BCUT2D eigenvalue weighted by atomic mass is 9.79. The molecule has 118 valence electrons. The topological polar surface area (TPSA) is 18.5 Å². The molecule has 3 atom stereocenters. The lowest BCUT2D eigenvalue weighted by molar-refractivity contribution is -0.266. The van der Waals surface area contributed by atoms with Crippen molar-refractivity contribution in [2.75, 3.05) is 13.7 Å². The maximum atomic E-state index is 13.7. The molecule has 2 nitrogen and oxygen atoms in total. The van der Waals surface area contributed by atoms with Crippen molar-refractivity contribution >= 4 is 0 Å². The molecule has 0 saturated carbocycles. The fourth-order valence-electron chi connectivity index (χ4n) is 2.67. The quantitative estimate of drug-likeness (QED) is 0.767. The Hall–Kier alpha value is -1.37. The van der Waals surface area contributed by atoms with Crippen LogP contribution in [0.2, 0.25) is 0 Å². The Balaban J connectivity index is 2.44. The Labute approximate surface area is 118 Å². The SMILES string of the molecule is COc1c(C2CO[C@@](C)(C(F)(F)F)C2C)ccc(F)c1F. The van der Waals surface area contributed by atoms with Crippen molar-refractivity contribution < 1.29 is 31.4 Å². The van der Waals surface area contributed by atoms with Gasteiger partial charge in [0, 0.05) is 17.4 Å². The molecule has 7 heteroatoms. The van der Waals surface area contributed by atoms with E-state index in [2.05, 4.69) is 0 Å². The zero-order valence-corrected chi connectivity index (χ0v) is 11.7. The van der Waals surface area contributed by atoms with Crippen LogP contribution in [-0.2, 0) is 4.74 Å². The van der Waals surface area contributed by atoms with Crippen LogP contribution in [0.15, 0.2) is 12.1 Å². The molecule has 2 rings (SSSR count). The lowest BCUT2D eigenvalue weighted by Gasteiger charge is -2.32. The van der Waals surface area contributed by atoms with E-state index in [-0.39, 0.29) is 17.9 Å². The van der Waals surface area contributed by atoms with Gasteiger partial charge in [0.05, 0.1) is 13.7 Å². The second-order valence-electron chi connectivity index (χ2n) is 5.29. The van der Waals surface area contributed by atoms with Gasteiger partial charge in [0.1, 0.15) is 0 Å². The van der Waals surface area contributed by atoms with Crippen LogP contribution in [0, 0.1) is 17.6 Å². The summed E-state index contributed by atoms with van der Waals surface area (Å²) in [5.74, 6) is -4.39. The molecule has 21 heavy (non-hydrogen) atoms. The Morgan fingerprint density at radius 3 is 2.38 bits per heavy atom. The second-order valence-corrected chi connectivity index (χ2v) is 5.29. The molecular weight excluding hydrogens is 295 g/mol. The third-order valence-electron chi connectivity index (χ3n) is 4.28. The highest BCUT2D eigenvalue weighted by Crippen LogP contribution is 2.51. The fraction of sp³-hybridized carbons (Fsp3) is 0.571. The van der Waals surface area contributed by atoms with Crippen molar-refractivity contribution in [3.8, 4) is 5.75 Å². The molecule has 1 aliphatic rings. The molecule has 0 aromatic heterocycles. The van der Waals surface area contributed by atoms with E-state index in [1.54, 1.807) is 0 Å². The van der Waals surface area contributed by atoms with E-state index in [1.165, 1.54) is 13.0 Å². The molecular formula is C14H15F5O2. The minimum Gasteiger partial charge on any atom is -0.493 e. The van der Waals surface area contributed by atoms with Gasteiger partial charge in [0.25, 0.3) is 0 Å². The van der Waals surface area contributed by atoms with Gasteiger partial charge in [-0.15, -0.1) is 0 Å². The first-order valence-electron chi connectivity index (χ1n) is 6.36. The Bertz CT molecular complexity index is 543. The average molecular weight is 310 g/mol. The third kappa shape index (κ3) is 2.37. The van der Waals surface area contributed by atoms with Gasteiger partial charge in [0.2, 0.25) is 5.82 Å². The van der Waals surface area contributed by atoms with Gasteiger partial charge in [-0.2, -0.15) is 17.6 Å². The third-order valence-corrected chi connectivity index (χ3v) is 4.28. The van der Waals surface area contributed by atoms with Gasteiger partial charge in [0.15, 0.2) is 17.2 Å². The van der Waals surface area contributed by atoms with Gasteiger partial charge >= 0.3 is 6.18 Å². The van der Waals surface area contributed by atoms with Crippen LogP contribution in [0.1, 0.15) is 25.3 Å². The van der Waals surface area contributed by atoms with E-state index in [0.717, 1.165) is 20.1 Å². The summed E-state index contributed by atoms with van der Waals surface area (Å²) in [4.78, 5) is 0. The maximum absolute atomic E-state index is 13.7. The van der Waals surface area contributed by atoms with E-state index < -0.39 is 35.2 Å². The number of ether oxygens (including phenoxy) is 2. The van der Waals surface area contributed by atoms with Crippen LogP contribution in [0.4, 0.5) is 22.0 Å². The van der Waals surface area contributed by atoms with Crippen LogP contribution in [0.25, 0.3) is 0 Å². The largest absolute Gasteiger partial charge is 0.493 e. The summed E-state index contributed by atoms with van der Waals surface area (Å²) in [7, 11) is 1.14.